The van der Waals surface area contributed by atoms with Gasteiger partial charge in [0.2, 0.25) is 35.8 Å². The Morgan fingerprint density at radius 2 is 1.55 bits per heavy atom. The highest BCUT2D eigenvalue weighted by atomic mass is 16.7. The van der Waals surface area contributed by atoms with E-state index >= 15 is 0 Å². The maximum Gasteiger partial charge on any atom is 0.335 e. The highest BCUT2D eigenvalue weighted by Gasteiger charge is 2.49. The first-order chi connectivity index (χ1) is 30.7. The molecule has 3 saturated heterocycles. The fourth-order valence-corrected chi connectivity index (χ4v) is 7.87. The average molecular weight is 922 g/mol. The van der Waals surface area contributed by atoms with Crippen LogP contribution in [0.25, 0.3) is 0 Å². The Balaban J connectivity index is 1.29. The number of ether oxygens (including phenoxy) is 4. The first kappa shape index (κ1) is 52.7. The third-order valence-corrected chi connectivity index (χ3v) is 11.6. The summed E-state index contributed by atoms with van der Waals surface area (Å²) in [5.41, 5.74) is 0.227. The predicted octanol–water partition coefficient (Wildman–Crippen LogP) is -0.386. The summed E-state index contributed by atoms with van der Waals surface area (Å²) in [5, 5.41) is 57.6. The number of carbonyl (C=O) groups excluding carboxylic acids is 6. The molecule has 1 aromatic carbocycles. The Bertz CT molecular complexity index is 1830. The van der Waals surface area contributed by atoms with Gasteiger partial charge in [-0.3, -0.25) is 28.8 Å². The van der Waals surface area contributed by atoms with E-state index in [1.807, 2.05) is 27.7 Å². The number of amides is 5. The molecular formula is C44H67N5O16. The highest BCUT2D eigenvalue weighted by Crippen LogP contribution is 2.32. The van der Waals surface area contributed by atoms with Crippen molar-refractivity contribution in [2.24, 2.45) is 5.92 Å². The summed E-state index contributed by atoms with van der Waals surface area (Å²) in [6.07, 6.45) is -6.83. The van der Waals surface area contributed by atoms with Crippen molar-refractivity contribution in [3.05, 3.63) is 29.3 Å². The molecule has 0 radical (unpaired) electrons. The number of rotatable bonds is 25. The van der Waals surface area contributed by atoms with Crippen LogP contribution in [0, 0.1) is 5.92 Å². The molecule has 0 spiro atoms. The summed E-state index contributed by atoms with van der Waals surface area (Å²) < 4.78 is 21.8. The van der Waals surface area contributed by atoms with Crippen LogP contribution in [0.15, 0.2) is 18.2 Å². The number of carbonyl (C=O) groups is 7. The molecule has 1 aromatic rings. The molecule has 3 heterocycles. The zero-order valence-electron chi connectivity index (χ0n) is 37.9. The van der Waals surface area contributed by atoms with Crippen LogP contribution >= 0.6 is 0 Å². The number of carboxylic acids is 1. The number of fused-ring (bicyclic) bond motifs is 2. The van der Waals surface area contributed by atoms with Crippen LogP contribution in [0.4, 0.5) is 0 Å². The fourth-order valence-electron chi connectivity index (χ4n) is 7.87. The first-order valence-electron chi connectivity index (χ1n) is 22.2. The maximum atomic E-state index is 13.4. The maximum absolute atomic E-state index is 13.4. The minimum absolute atomic E-state index is 0.00250. The molecule has 0 aliphatic carbocycles. The molecule has 65 heavy (non-hydrogen) atoms. The van der Waals surface area contributed by atoms with Gasteiger partial charge in [0.05, 0.1) is 30.7 Å². The largest absolute Gasteiger partial charge is 0.479 e. The number of aliphatic hydroxyl groups is 4. The summed E-state index contributed by atoms with van der Waals surface area (Å²) in [5.74, 6) is -3.41. The van der Waals surface area contributed by atoms with E-state index in [1.165, 1.54) is 25.1 Å². The van der Waals surface area contributed by atoms with Gasteiger partial charge in [-0.1, -0.05) is 19.9 Å². The zero-order chi connectivity index (χ0) is 48.0. The number of nitrogens with zero attached hydrogens (tertiary/aromatic N) is 2. The fraction of sp³-hybridized carbons (Fsp3) is 0.705. The van der Waals surface area contributed by atoms with Gasteiger partial charge in [0.1, 0.15) is 36.7 Å². The number of hydrogen-bond acceptors (Lipinski definition) is 15. The molecule has 0 aromatic heterocycles. The number of carboxylic acid groups (broad SMARTS) is 1. The summed E-state index contributed by atoms with van der Waals surface area (Å²) in [6.45, 7) is 9.51. The van der Waals surface area contributed by atoms with E-state index in [0.717, 1.165) is 0 Å². The quantitative estimate of drug-likeness (QED) is 0.0580. The Morgan fingerprint density at radius 3 is 2.17 bits per heavy atom. The molecule has 21 heteroatoms. The Hall–Kier alpha value is -4.93. The third kappa shape index (κ3) is 15.9. The molecule has 2 bridgehead atoms. The molecule has 4 rings (SSSR count). The molecule has 0 saturated carbocycles. The van der Waals surface area contributed by atoms with E-state index in [1.54, 1.807) is 9.80 Å². The number of aliphatic hydroxyl groups excluding tert-OH is 4. The molecule has 8 atom stereocenters. The van der Waals surface area contributed by atoms with Gasteiger partial charge in [-0.15, -0.1) is 0 Å². The first-order valence-corrected chi connectivity index (χ1v) is 22.2. The lowest BCUT2D eigenvalue weighted by Gasteiger charge is -2.38. The second kappa shape index (κ2) is 24.6. The van der Waals surface area contributed by atoms with Crippen molar-refractivity contribution in [3.8, 4) is 5.75 Å². The van der Waals surface area contributed by atoms with Gasteiger partial charge in [0.25, 0.3) is 0 Å². The summed E-state index contributed by atoms with van der Waals surface area (Å²) >= 11 is 0. The van der Waals surface area contributed by atoms with Crippen molar-refractivity contribution in [2.75, 3.05) is 32.8 Å². The van der Waals surface area contributed by atoms with Gasteiger partial charge in [-0.2, -0.15) is 0 Å². The van der Waals surface area contributed by atoms with E-state index in [9.17, 15) is 59.1 Å². The minimum atomic E-state index is -1.94. The van der Waals surface area contributed by atoms with E-state index in [-0.39, 0.29) is 112 Å². The topological polar surface area (TPSA) is 300 Å². The molecule has 5 amide bonds. The van der Waals surface area contributed by atoms with Gasteiger partial charge in [-0.05, 0) is 69.6 Å². The van der Waals surface area contributed by atoms with Crippen LogP contribution in [0.1, 0.15) is 104 Å². The predicted molar refractivity (Wildman–Crippen MR) is 228 cm³/mol. The van der Waals surface area contributed by atoms with Crippen molar-refractivity contribution in [2.45, 2.75) is 160 Å². The van der Waals surface area contributed by atoms with Gasteiger partial charge in [-0.25, -0.2) is 4.79 Å². The van der Waals surface area contributed by atoms with E-state index in [2.05, 4.69) is 16.0 Å². The van der Waals surface area contributed by atoms with Crippen molar-refractivity contribution < 1.29 is 78.0 Å². The van der Waals surface area contributed by atoms with E-state index < -0.39 is 66.1 Å². The number of nitrogens with one attached hydrogen (secondary N) is 3. The highest BCUT2D eigenvalue weighted by molar-refractivity contribution is 5.88. The van der Waals surface area contributed by atoms with E-state index in [4.69, 9.17) is 18.9 Å². The Morgan fingerprint density at radius 1 is 0.877 bits per heavy atom. The molecule has 8 N–H and O–H groups in total. The molecule has 21 nitrogen and oxygen atoms in total. The second-order valence-corrected chi connectivity index (χ2v) is 17.8. The standard InChI is InChI=1S/C44H67N5O16/c1-25(2)9-12-34(53)47-31(7-6-8-35(54)48-22-30-20-29(48)23-49(30)36(55)14-18-63-44(4,5)15-17-50)41(59)45-16-13-33(52)46-21-28-19-27(24-62-26(3)51)10-11-32(28)64-43-39(58)37(56)38(57)40(65-43)42(60)61/h10-11,19,25,29-31,37-40,43,50,56-58H,6-9,12-18,20-24H2,1-5H3,(H,45,59)(H,46,52)(H,47,53)(H,60,61)/t29-,30-,31-,37-,38-,39+,40-,43+/m0/s1. The molecular weight excluding hydrogens is 855 g/mol. The van der Waals surface area contributed by atoms with Crippen molar-refractivity contribution in [3.63, 3.8) is 0 Å². The van der Waals surface area contributed by atoms with Crippen LogP contribution < -0.4 is 20.7 Å². The van der Waals surface area contributed by atoms with Crippen molar-refractivity contribution in [1.29, 1.82) is 0 Å². The smallest absolute Gasteiger partial charge is 0.335 e. The zero-order valence-corrected chi connectivity index (χ0v) is 37.9. The lowest BCUT2D eigenvalue weighted by molar-refractivity contribution is -0.271. The lowest BCUT2D eigenvalue weighted by atomic mass is 9.99. The molecule has 3 aliphatic heterocycles. The van der Waals surface area contributed by atoms with Gasteiger partial charge >= 0.3 is 11.9 Å². The minimum Gasteiger partial charge on any atom is -0.479 e. The van der Waals surface area contributed by atoms with Crippen molar-refractivity contribution >= 4 is 41.5 Å². The molecule has 0 unspecified atom stereocenters. The van der Waals surface area contributed by atoms with Gasteiger partial charge in [0, 0.05) is 64.5 Å². The number of esters is 1. The Labute approximate surface area is 378 Å². The normalized spacial score (nSPS) is 23.2. The molecule has 364 valence electrons. The molecule has 3 aliphatic rings. The van der Waals surface area contributed by atoms with Crippen molar-refractivity contribution in [1.82, 2.24) is 25.8 Å². The summed E-state index contributed by atoms with van der Waals surface area (Å²) in [4.78, 5) is 92.2. The third-order valence-electron chi connectivity index (χ3n) is 11.6. The van der Waals surface area contributed by atoms with Gasteiger partial charge < -0.3 is 70.2 Å². The van der Waals surface area contributed by atoms with Crippen LogP contribution in [-0.2, 0) is 60.9 Å². The monoisotopic (exact) mass is 921 g/mol. The number of likely N-dealkylation sites (tertiary alicyclic amines) is 2. The van der Waals surface area contributed by atoms with Crippen LogP contribution in [0.2, 0.25) is 0 Å². The van der Waals surface area contributed by atoms with Crippen LogP contribution in [-0.4, -0.2) is 164 Å². The second-order valence-electron chi connectivity index (χ2n) is 17.8. The summed E-state index contributed by atoms with van der Waals surface area (Å²) in [6, 6.07) is 3.27. The number of aliphatic carboxylic acids is 1. The number of benzene rings is 1. The van der Waals surface area contributed by atoms with Crippen LogP contribution in [0.3, 0.4) is 0 Å². The SMILES string of the molecule is CC(=O)OCc1ccc(O[C@@H]2O[C@H](C(=O)O)[C@@H](O)[C@H](O)[C@H]2O)c(CNC(=O)CCNC(=O)[C@H](CCCC(=O)N2C[C@@H]3C[C@H]2CN3C(=O)CCOC(C)(C)CCO)NC(=O)CCC(C)C)c1. The summed E-state index contributed by atoms with van der Waals surface area (Å²) in [7, 11) is 0. The van der Waals surface area contributed by atoms with Gasteiger partial charge in [0.15, 0.2) is 6.10 Å². The average Bonchev–Trinajstić information content (AvgIpc) is 3.86. The number of hydrogen-bond donors (Lipinski definition) is 8. The number of piperazine rings is 1. The van der Waals surface area contributed by atoms with Crippen LogP contribution in [0.5, 0.6) is 5.75 Å². The van der Waals surface area contributed by atoms with E-state index in [0.29, 0.717) is 44.3 Å². The molecule has 3 fully saturated rings. The Kier molecular flexibility index (Phi) is 19.9. The lowest BCUT2D eigenvalue weighted by Crippen LogP contribution is -2.61.